The van der Waals surface area contributed by atoms with Gasteiger partial charge in [0.15, 0.2) is 0 Å². The zero-order valence-corrected chi connectivity index (χ0v) is 14.6. The molecule has 5 heteroatoms. The molecule has 0 spiro atoms. The van der Waals surface area contributed by atoms with Gasteiger partial charge in [0, 0.05) is 0 Å². The van der Waals surface area contributed by atoms with Gasteiger partial charge in [0.25, 0.3) is 10.1 Å². The van der Waals surface area contributed by atoms with Crippen LogP contribution in [-0.4, -0.2) is 8.42 Å². The molecule has 0 aromatic heterocycles. The summed E-state index contributed by atoms with van der Waals surface area (Å²) in [5, 5.41) is 0. The van der Waals surface area contributed by atoms with Crippen molar-refractivity contribution in [1.82, 2.24) is 0 Å². The summed E-state index contributed by atoms with van der Waals surface area (Å²) in [4.78, 5) is 0.128. The first-order valence-corrected chi connectivity index (χ1v) is 4.72. The van der Waals surface area contributed by atoms with Crippen LogP contribution in [0.25, 0.3) is 0 Å². The Morgan fingerprint density at radius 2 is 1.69 bits per heavy atom. The van der Waals surface area contributed by atoms with Crippen LogP contribution in [-0.2, 0) is 14.3 Å². The van der Waals surface area contributed by atoms with E-state index in [0.29, 0.717) is 0 Å². The average Bonchev–Trinajstić information content (AvgIpc) is 2.05. The van der Waals surface area contributed by atoms with Crippen LogP contribution in [0.1, 0.15) is 5.56 Å². The number of benzene rings is 1. The van der Waals surface area contributed by atoms with Gasteiger partial charge in [-0.25, -0.2) is 7.11 Å². The minimum atomic E-state index is -3.63. The van der Waals surface area contributed by atoms with Crippen molar-refractivity contribution in [3.05, 3.63) is 36.9 Å². The zero-order chi connectivity index (χ0) is 9.19. The minimum Gasteiger partial charge on any atom is -0.446 e. The maximum atomic E-state index is 11.0. The largest absolute Gasteiger partial charge is 0.446 e. The van der Waals surface area contributed by atoms with Gasteiger partial charge in [-0.05, 0) is 19.1 Å². The summed E-state index contributed by atoms with van der Waals surface area (Å²) < 4.78 is 26.1. The van der Waals surface area contributed by atoms with Crippen LogP contribution < -0.4 is 0 Å². The Morgan fingerprint density at radius 3 is 2.08 bits per heavy atom. The van der Waals surface area contributed by atoms with Gasteiger partial charge < -0.3 is 4.18 Å². The number of hydrogen-bond donors (Lipinski definition) is 0. The minimum absolute atomic E-state index is 0. The predicted octanol–water partition coefficient (Wildman–Crippen LogP) is 1.49. The van der Waals surface area contributed by atoms with Crippen molar-refractivity contribution in [1.29, 1.82) is 0 Å². The molecule has 68 valence electrons. The van der Waals surface area contributed by atoms with Crippen molar-refractivity contribution in [3.63, 3.8) is 0 Å². The molecule has 0 heterocycles. The normalized spacial score (nSPS) is 10.6. The second kappa shape index (κ2) is 3.69. The molecule has 1 aromatic rings. The van der Waals surface area contributed by atoms with E-state index in [1.807, 2.05) is 6.92 Å². The molecule has 0 saturated carbocycles. The van der Waals surface area contributed by atoms with Crippen molar-refractivity contribution in [2.24, 2.45) is 0 Å². The molecule has 0 aliphatic heterocycles. The van der Waals surface area contributed by atoms with Gasteiger partial charge in [-0.1, -0.05) is 17.7 Å². The van der Waals surface area contributed by atoms with Crippen molar-refractivity contribution in [2.75, 3.05) is 0 Å². The molecule has 0 aliphatic rings. The van der Waals surface area contributed by atoms with Gasteiger partial charge in [-0.3, -0.25) is 0 Å². The molecule has 0 atom stereocenters. The number of aryl methyl sites for hydroxylation is 1. The maximum Gasteiger partial charge on any atom is 0.267 e. The van der Waals surface area contributed by atoms with E-state index in [1.165, 1.54) is 12.1 Å². The molecule has 0 saturated heterocycles. The molecular formula is C8H9O3RfS-. The van der Waals surface area contributed by atoms with Gasteiger partial charge in [0.05, 0.1) is 4.90 Å². The molecule has 0 fully saturated rings. The third-order valence-electron chi connectivity index (χ3n) is 1.46. The topological polar surface area (TPSA) is 43.4 Å². The molecule has 1 rings (SSSR count). The van der Waals surface area contributed by atoms with E-state index in [2.05, 4.69) is 11.3 Å². The Morgan fingerprint density at radius 1 is 1.23 bits per heavy atom. The van der Waals surface area contributed by atoms with Crippen LogP contribution in [0, 0.1) is 14.0 Å². The second-order valence-corrected chi connectivity index (χ2v) is 4.00. The summed E-state index contributed by atoms with van der Waals surface area (Å²) in [6, 6.07) is 6.36. The third kappa shape index (κ3) is 2.28. The maximum absolute atomic E-state index is 11.0. The molecular weight excluding hydrogens is 443 g/mol. The van der Waals surface area contributed by atoms with Crippen molar-refractivity contribution < 1.29 is 12.6 Å². The quantitative estimate of drug-likeness (QED) is 0.505. The molecule has 0 bridgehead atoms. The Balaban J connectivity index is 0.00000144. The number of hydrogen-bond acceptors (Lipinski definition) is 3. The smallest absolute Gasteiger partial charge is 0.267 e. The summed E-state index contributed by atoms with van der Waals surface area (Å²) >= 11 is 0. The van der Waals surface area contributed by atoms with Crippen LogP contribution in [0.3, 0.4) is 0 Å². The van der Waals surface area contributed by atoms with Crippen LogP contribution in [0.5, 0.6) is 0 Å². The molecule has 0 radical (unpaired) electrons. The first-order valence-electron chi connectivity index (χ1n) is 3.31. The molecule has 0 N–H and O–H groups in total. The first kappa shape index (κ1) is 11.1. The fraction of sp³-hybridized carbons (Fsp3) is 0.125. The van der Waals surface area contributed by atoms with E-state index < -0.39 is 10.1 Å². The molecule has 0 aliphatic carbocycles. The van der Waals surface area contributed by atoms with E-state index in [4.69, 9.17) is 0 Å². The summed E-state index contributed by atoms with van der Waals surface area (Å²) in [6.45, 7) is 1.88. The van der Waals surface area contributed by atoms with Crippen LogP contribution >= 0.6 is 0 Å². The molecule has 0 unspecified atom stereocenters. The average molecular weight is 452 g/mol. The Labute approximate surface area is 72.1 Å². The Bertz CT molecular complexity index is 355. The van der Waals surface area contributed by atoms with Crippen molar-refractivity contribution in [3.8, 4) is 0 Å². The first-order chi connectivity index (χ1) is 5.56. The summed E-state index contributed by atoms with van der Waals surface area (Å²) in [6.07, 6.45) is 0. The Hall–Kier alpha value is -1.87. The van der Waals surface area contributed by atoms with E-state index >= 15 is 0 Å². The Kier molecular flexibility index (Phi) is 3.16. The van der Waals surface area contributed by atoms with Gasteiger partial charge in [0.1, 0.15) is 0 Å². The summed E-state index contributed by atoms with van der Waals surface area (Å²) in [7, 11) is -0.758. The van der Waals surface area contributed by atoms with Gasteiger partial charge in [-0.15, -0.1) is 0 Å². The van der Waals surface area contributed by atoms with Crippen molar-refractivity contribution >= 4 is 10.1 Å². The fourth-order valence-electron chi connectivity index (χ4n) is 0.773. The van der Waals surface area contributed by atoms with Gasteiger partial charge in [-0.2, -0.15) is 8.42 Å². The summed E-state index contributed by atoms with van der Waals surface area (Å²) in [5.74, 6) is 0. The molecule has 0 amide bonds. The van der Waals surface area contributed by atoms with E-state index in [-0.39, 0.29) is 4.90 Å². The second-order valence-electron chi connectivity index (χ2n) is 2.39. The molecule has 3 nitrogen and oxygen atoms in total. The van der Waals surface area contributed by atoms with E-state index in [0.717, 1.165) is 5.56 Å². The number of rotatable bonds is 2. The van der Waals surface area contributed by atoms with E-state index in [1.54, 1.807) is 12.1 Å². The molecule has 1 aromatic carbocycles. The van der Waals surface area contributed by atoms with Crippen LogP contribution in [0.4, 0.5) is 0 Å². The fourth-order valence-corrected chi connectivity index (χ4v) is 1.38. The van der Waals surface area contributed by atoms with Crippen LogP contribution in [0.15, 0.2) is 29.2 Å². The van der Waals surface area contributed by atoms with Gasteiger partial charge in [0.2, 0.25) is 0 Å². The van der Waals surface area contributed by atoms with Crippen molar-refractivity contribution in [2.45, 2.75) is 11.8 Å². The monoisotopic (exact) mass is 452 g/mol. The standard InChI is InChI=1S/C8H9O3S.Rf/c1-7-3-5-8(6-4-7)12(9,10)11-2;/h3-6H,2H2,1H3;/q-1;. The molecule has 13 heavy (non-hydrogen) atoms. The SMILES string of the molecule is [CH2-]OS(=O)(=O)c1ccc(C)cc1.[Rf]. The van der Waals surface area contributed by atoms with Gasteiger partial charge >= 0.3 is 0 Å². The van der Waals surface area contributed by atoms with E-state index in [9.17, 15) is 8.42 Å². The van der Waals surface area contributed by atoms with Crippen LogP contribution in [0.2, 0.25) is 0 Å². The predicted molar refractivity (Wildman–Crippen MR) is 44.8 cm³/mol. The zero-order valence-electron chi connectivity index (χ0n) is 7.36. The summed E-state index contributed by atoms with van der Waals surface area (Å²) in [5.41, 5.74) is 0.998. The third-order valence-corrected chi connectivity index (χ3v) is 2.62.